The molecular weight excluding hydrogens is 450 g/mol. The molecule has 0 amide bonds. The molecule has 3 aromatic carbocycles. The first-order chi connectivity index (χ1) is 16.3. The Bertz CT molecular complexity index is 1710. The van der Waals surface area contributed by atoms with Crippen LogP contribution in [0.5, 0.6) is 0 Å². The van der Waals surface area contributed by atoms with Crippen molar-refractivity contribution in [1.29, 1.82) is 0 Å². The highest BCUT2D eigenvalue weighted by Crippen LogP contribution is 2.28. The number of aryl methyl sites for hydroxylation is 2. The summed E-state index contributed by atoms with van der Waals surface area (Å²) >= 11 is 1.39. The highest BCUT2D eigenvalue weighted by molar-refractivity contribution is 7.13. The van der Waals surface area contributed by atoms with Gasteiger partial charge in [-0.1, -0.05) is 30.3 Å². The van der Waals surface area contributed by atoms with Gasteiger partial charge in [-0.25, -0.2) is 9.36 Å². The summed E-state index contributed by atoms with van der Waals surface area (Å²) in [6.45, 7) is 4.28. The standard InChI is InChI=1S/C26H21N3O4S/c1-15-10-16(2)24-20(27-34-22(24)11-15)14-28-21-9-4-3-8-19(21)25(32)29(26(28)33)18-7-5-6-17(12-18)13-23(30)31/h3-12H,13-14H2,1-2H3,(H,30,31). The van der Waals surface area contributed by atoms with Crippen LogP contribution in [0.3, 0.4) is 0 Å². The van der Waals surface area contributed by atoms with Crippen LogP contribution < -0.4 is 11.2 Å². The molecule has 0 bridgehead atoms. The van der Waals surface area contributed by atoms with Crippen LogP contribution in [-0.2, 0) is 17.8 Å². The van der Waals surface area contributed by atoms with Crippen molar-refractivity contribution in [2.75, 3.05) is 0 Å². The van der Waals surface area contributed by atoms with Gasteiger partial charge >= 0.3 is 11.7 Å². The zero-order valence-corrected chi connectivity index (χ0v) is 19.4. The molecule has 0 radical (unpaired) electrons. The first kappa shape index (κ1) is 21.8. The van der Waals surface area contributed by atoms with Gasteiger partial charge in [0.05, 0.1) is 39.9 Å². The second-order valence-corrected chi connectivity index (χ2v) is 9.16. The molecule has 170 valence electrons. The van der Waals surface area contributed by atoms with Gasteiger partial charge < -0.3 is 5.11 Å². The van der Waals surface area contributed by atoms with Crippen LogP contribution in [0.2, 0.25) is 0 Å². The minimum atomic E-state index is -0.985. The maximum Gasteiger partial charge on any atom is 0.336 e. The summed E-state index contributed by atoms with van der Waals surface area (Å²) in [7, 11) is 0. The Hall–Kier alpha value is -4.04. The summed E-state index contributed by atoms with van der Waals surface area (Å²) in [6.07, 6.45) is -0.201. The van der Waals surface area contributed by atoms with Gasteiger partial charge in [0.1, 0.15) is 0 Å². The Morgan fingerprint density at radius 2 is 1.82 bits per heavy atom. The van der Waals surface area contributed by atoms with E-state index in [0.717, 1.165) is 31.5 Å². The van der Waals surface area contributed by atoms with Gasteiger partial charge in [-0.15, -0.1) is 0 Å². The van der Waals surface area contributed by atoms with Crippen LogP contribution >= 0.6 is 11.5 Å². The lowest BCUT2D eigenvalue weighted by Crippen LogP contribution is -2.39. The predicted octanol–water partition coefficient (Wildman–Crippen LogP) is 4.05. The van der Waals surface area contributed by atoms with E-state index in [4.69, 9.17) is 5.11 Å². The zero-order valence-electron chi connectivity index (χ0n) is 18.6. The first-order valence-corrected chi connectivity index (χ1v) is 11.5. The van der Waals surface area contributed by atoms with Gasteiger partial charge in [0.25, 0.3) is 5.56 Å². The molecule has 5 rings (SSSR count). The molecule has 8 heteroatoms. The molecule has 5 aromatic rings. The van der Waals surface area contributed by atoms with E-state index in [1.165, 1.54) is 11.5 Å². The largest absolute Gasteiger partial charge is 0.481 e. The summed E-state index contributed by atoms with van der Waals surface area (Å²) in [6, 6.07) is 17.7. The normalized spacial score (nSPS) is 11.4. The third-order valence-corrected chi connectivity index (χ3v) is 6.70. The van der Waals surface area contributed by atoms with E-state index in [2.05, 4.69) is 16.5 Å². The highest BCUT2D eigenvalue weighted by Gasteiger charge is 2.18. The maximum absolute atomic E-state index is 13.7. The van der Waals surface area contributed by atoms with Crippen LogP contribution in [-0.4, -0.2) is 24.6 Å². The number of hydrogen-bond acceptors (Lipinski definition) is 5. The fraction of sp³-hybridized carbons (Fsp3) is 0.154. The van der Waals surface area contributed by atoms with Crippen LogP contribution in [0, 0.1) is 13.8 Å². The van der Waals surface area contributed by atoms with E-state index in [1.54, 1.807) is 53.1 Å². The Morgan fingerprint density at radius 1 is 1.03 bits per heavy atom. The SMILES string of the molecule is Cc1cc(C)c2c(Cn3c(=O)n(-c4cccc(CC(=O)O)c4)c(=O)c4ccccc43)nsc2c1. The predicted molar refractivity (Wildman–Crippen MR) is 133 cm³/mol. The van der Waals surface area contributed by atoms with Gasteiger partial charge in [0.2, 0.25) is 0 Å². The van der Waals surface area contributed by atoms with Gasteiger partial charge in [0, 0.05) is 5.39 Å². The number of carbonyl (C=O) groups is 1. The van der Waals surface area contributed by atoms with E-state index in [0.29, 0.717) is 22.2 Å². The van der Waals surface area contributed by atoms with Crippen LogP contribution in [0.4, 0.5) is 0 Å². The number of rotatable bonds is 5. The first-order valence-electron chi connectivity index (χ1n) is 10.7. The second kappa shape index (κ2) is 8.39. The zero-order chi connectivity index (χ0) is 24.0. The van der Waals surface area contributed by atoms with Crippen LogP contribution in [0.25, 0.3) is 26.7 Å². The Morgan fingerprint density at radius 3 is 2.62 bits per heavy atom. The molecular formula is C26H21N3O4S. The summed E-state index contributed by atoms with van der Waals surface area (Å²) in [5.41, 5.74) is 3.44. The van der Waals surface area contributed by atoms with Crippen molar-refractivity contribution in [1.82, 2.24) is 13.5 Å². The lowest BCUT2D eigenvalue weighted by Gasteiger charge is -2.14. The maximum atomic E-state index is 13.7. The number of carboxylic acids is 1. The molecule has 2 heterocycles. The molecule has 0 aliphatic carbocycles. The monoisotopic (exact) mass is 471 g/mol. The summed E-state index contributed by atoms with van der Waals surface area (Å²) < 4.78 is 8.37. The van der Waals surface area contributed by atoms with E-state index in [9.17, 15) is 14.4 Å². The Labute approximate surface area is 198 Å². The number of aromatic nitrogens is 3. The second-order valence-electron chi connectivity index (χ2n) is 8.35. The molecule has 0 aliphatic rings. The van der Waals surface area contributed by atoms with E-state index in [1.807, 2.05) is 13.8 Å². The van der Waals surface area contributed by atoms with Crippen molar-refractivity contribution in [3.05, 3.63) is 104 Å². The number of carboxylic acid groups (broad SMARTS) is 1. The molecule has 0 unspecified atom stereocenters. The van der Waals surface area contributed by atoms with Crippen molar-refractivity contribution in [2.45, 2.75) is 26.8 Å². The third-order valence-electron chi connectivity index (χ3n) is 5.87. The lowest BCUT2D eigenvalue weighted by molar-refractivity contribution is -0.136. The van der Waals surface area contributed by atoms with Crippen molar-refractivity contribution in [2.24, 2.45) is 0 Å². The van der Waals surface area contributed by atoms with Gasteiger partial charge in [-0.3, -0.25) is 14.2 Å². The van der Waals surface area contributed by atoms with Crippen molar-refractivity contribution in [3.63, 3.8) is 0 Å². The van der Waals surface area contributed by atoms with Gasteiger partial charge in [0.15, 0.2) is 0 Å². The van der Waals surface area contributed by atoms with Crippen molar-refractivity contribution in [3.8, 4) is 5.69 Å². The fourth-order valence-electron chi connectivity index (χ4n) is 4.46. The molecule has 0 atom stereocenters. The average molecular weight is 472 g/mol. The third kappa shape index (κ3) is 3.72. The van der Waals surface area contributed by atoms with E-state index < -0.39 is 17.2 Å². The van der Waals surface area contributed by atoms with Crippen molar-refractivity contribution < 1.29 is 9.90 Å². The molecule has 0 spiro atoms. The minimum Gasteiger partial charge on any atom is -0.481 e. The molecule has 34 heavy (non-hydrogen) atoms. The number of fused-ring (bicyclic) bond motifs is 2. The minimum absolute atomic E-state index is 0.201. The molecule has 0 fully saturated rings. The van der Waals surface area contributed by atoms with E-state index >= 15 is 0 Å². The highest BCUT2D eigenvalue weighted by atomic mass is 32.1. The number of para-hydroxylation sites is 1. The summed E-state index contributed by atoms with van der Waals surface area (Å²) in [5.74, 6) is -0.985. The molecule has 1 N–H and O–H groups in total. The van der Waals surface area contributed by atoms with Crippen LogP contribution in [0.1, 0.15) is 22.4 Å². The number of aliphatic carboxylic acids is 1. The molecule has 0 saturated carbocycles. The van der Waals surface area contributed by atoms with E-state index in [-0.39, 0.29) is 13.0 Å². The molecule has 7 nitrogen and oxygen atoms in total. The quantitative estimate of drug-likeness (QED) is 0.417. The van der Waals surface area contributed by atoms with Gasteiger partial charge in [-0.05, 0) is 72.4 Å². The molecule has 2 aromatic heterocycles. The smallest absolute Gasteiger partial charge is 0.336 e. The Balaban J connectivity index is 1.75. The topological polar surface area (TPSA) is 94.2 Å². The van der Waals surface area contributed by atoms with Gasteiger partial charge in [-0.2, -0.15) is 4.37 Å². The fourth-order valence-corrected chi connectivity index (χ4v) is 5.43. The number of hydrogen-bond donors (Lipinski definition) is 1. The number of nitrogens with zero attached hydrogens (tertiary/aromatic N) is 3. The van der Waals surface area contributed by atoms with Crippen molar-refractivity contribution >= 4 is 38.5 Å². The summed E-state index contributed by atoms with van der Waals surface area (Å²) in [4.78, 5) is 38.3. The molecule has 0 aliphatic heterocycles. The average Bonchev–Trinajstić information content (AvgIpc) is 3.19. The van der Waals surface area contributed by atoms with Crippen LogP contribution in [0.15, 0.2) is 70.3 Å². The Kier molecular flexibility index (Phi) is 5.37. The molecule has 0 saturated heterocycles. The number of benzene rings is 3. The summed E-state index contributed by atoms with van der Waals surface area (Å²) in [5, 5.41) is 10.6. The lowest BCUT2D eigenvalue weighted by atomic mass is 10.1.